The third-order valence-corrected chi connectivity index (χ3v) is 5.60. The van der Waals surface area contributed by atoms with Crippen molar-refractivity contribution in [1.29, 1.82) is 0 Å². The van der Waals surface area contributed by atoms with E-state index in [0.717, 1.165) is 0 Å². The third kappa shape index (κ3) is 4.00. The molecule has 0 unspecified atom stereocenters. The van der Waals surface area contributed by atoms with Gasteiger partial charge in [0.1, 0.15) is 0 Å². The van der Waals surface area contributed by atoms with E-state index in [1.165, 1.54) is 22.9 Å². The van der Waals surface area contributed by atoms with Crippen molar-refractivity contribution in [2.75, 3.05) is 0 Å². The summed E-state index contributed by atoms with van der Waals surface area (Å²) in [6, 6.07) is 21.7. The van der Waals surface area contributed by atoms with Gasteiger partial charge in [0.25, 0.3) is 0 Å². The Bertz CT molecular complexity index is 353. The maximum atomic E-state index is 2.27. The molecule has 16 heavy (non-hydrogen) atoms. The van der Waals surface area contributed by atoms with Crippen LogP contribution in [-0.4, -0.2) is 20.9 Å². The molecular formula is C15H16Te. The van der Waals surface area contributed by atoms with Gasteiger partial charge in [0.05, 0.1) is 0 Å². The minimum absolute atomic E-state index is 0.0514. The van der Waals surface area contributed by atoms with Gasteiger partial charge in [-0.25, -0.2) is 0 Å². The fourth-order valence-electron chi connectivity index (χ4n) is 1.63. The SMILES string of the molecule is c1ccc(CCC[Te]c2ccccc2)cc1. The molecule has 0 nitrogen and oxygen atoms in total. The zero-order valence-corrected chi connectivity index (χ0v) is 11.6. The second-order valence-corrected chi connectivity index (χ2v) is 7.09. The first-order valence-corrected chi connectivity index (χ1v) is 8.48. The molecule has 0 aliphatic carbocycles. The predicted octanol–water partition coefficient (Wildman–Crippen LogP) is 3.07. The van der Waals surface area contributed by atoms with E-state index in [4.69, 9.17) is 0 Å². The molecule has 1 heteroatoms. The van der Waals surface area contributed by atoms with E-state index < -0.39 is 0 Å². The summed E-state index contributed by atoms with van der Waals surface area (Å²) in [5.74, 6) is 0. The molecule has 0 bridgehead atoms. The van der Waals surface area contributed by atoms with E-state index in [0.29, 0.717) is 0 Å². The van der Waals surface area contributed by atoms with Crippen LogP contribution in [-0.2, 0) is 6.42 Å². The minimum atomic E-state index is 0.0514. The average Bonchev–Trinajstić information content (AvgIpc) is 2.37. The molecule has 0 N–H and O–H groups in total. The van der Waals surface area contributed by atoms with Crippen molar-refractivity contribution < 1.29 is 0 Å². The van der Waals surface area contributed by atoms with Crippen LogP contribution in [0.15, 0.2) is 60.7 Å². The van der Waals surface area contributed by atoms with Gasteiger partial charge in [0.15, 0.2) is 0 Å². The van der Waals surface area contributed by atoms with Gasteiger partial charge in [-0.3, -0.25) is 0 Å². The summed E-state index contributed by atoms with van der Waals surface area (Å²) >= 11 is 0.0514. The second kappa shape index (κ2) is 6.74. The molecule has 0 saturated carbocycles. The first-order valence-electron chi connectivity index (χ1n) is 5.67. The molecule has 0 saturated heterocycles. The van der Waals surface area contributed by atoms with Crippen LogP contribution in [0.25, 0.3) is 0 Å². The van der Waals surface area contributed by atoms with Gasteiger partial charge >= 0.3 is 108 Å². The zero-order chi connectivity index (χ0) is 11.1. The standard InChI is InChI=1S/C15H16Te/c1-3-8-14(9-4-1)10-7-13-16-15-11-5-2-6-12-15/h1-6,8-9,11-12H,7,10,13H2. The van der Waals surface area contributed by atoms with Gasteiger partial charge in [-0.2, -0.15) is 0 Å². The van der Waals surface area contributed by atoms with Crippen molar-refractivity contribution in [3.8, 4) is 0 Å². The molecule has 2 aromatic carbocycles. The van der Waals surface area contributed by atoms with Gasteiger partial charge in [-0.15, -0.1) is 0 Å². The summed E-state index contributed by atoms with van der Waals surface area (Å²) in [6.07, 6.45) is 2.57. The van der Waals surface area contributed by atoms with E-state index >= 15 is 0 Å². The van der Waals surface area contributed by atoms with Crippen molar-refractivity contribution >= 4 is 24.5 Å². The van der Waals surface area contributed by atoms with Crippen molar-refractivity contribution in [2.24, 2.45) is 0 Å². The number of hydrogen-bond donors (Lipinski definition) is 0. The van der Waals surface area contributed by atoms with Crippen LogP contribution in [0.1, 0.15) is 12.0 Å². The molecule has 0 aliphatic heterocycles. The molecule has 0 radical (unpaired) electrons. The molecule has 0 fully saturated rings. The molecule has 2 aromatic rings. The fourth-order valence-corrected chi connectivity index (χ4v) is 4.12. The first kappa shape index (κ1) is 11.7. The van der Waals surface area contributed by atoms with Gasteiger partial charge in [-0.1, -0.05) is 0 Å². The van der Waals surface area contributed by atoms with Gasteiger partial charge in [0, 0.05) is 0 Å². The van der Waals surface area contributed by atoms with Gasteiger partial charge in [-0.05, 0) is 0 Å². The van der Waals surface area contributed by atoms with Crippen LogP contribution in [0.4, 0.5) is 0 Å². The van der Waals surface area contributed by atoms with Gasteiger partial charge in [0.2, 0.25) is 0 Å². The van der Waals surface area contributed by atoms with Crippen LogP contribution in [0.5, 0.6) is 0 Å². The molecule has 82 valence electrons. The van der Waals surface area contributed by atoms with E-state index in [1.807, 2.05) is 0 Å². The summed E-state index contributed by atoms with van der Waals surface area (Å²) in [5.41, 5.74) is 1.48. The number of aryl methyl sites for hydroxylation is 1. The molecule has 0 heterocycles. The predicted molar refractivity (Wildman–Crippen MR) is 71.4 cm³/mol. The van der Waals surface area contributed by atoms with Crippen LogP contribution in [0.3, 0.4) is 0 Å². The van der Waals surface area contributed by atoms with Crippen molar-refractivity contribution in [2.45, 2.75) is 17.3 Å². The summed E-state index contributed by atoms with van der Waals surface area (Å²) in [4.78, 5) is 0. The molecule has 2 rings (SSSR count). The maximum absolute atomic E-state index is 2.27. The van der Waals surface area contributed by atoms with E-state index in [1.54, 1.807) is 3.61 Å². The zero-order valence-electron chi connectivity index (χ0n) is 9.30. The van der Waals surface area contributed by atoms with Gasteiger partial charge < -0.3 is 0 Å². The molecule has 0 aliphatic rings. The molecule has 0 atom stereocenters. The van der Waals surface area contributed by atoms with Crippen molar-refractivity contribution in [3.05, 3.63) is 66.2 Å². The summed E-state index contributed by atoms with van der Waals surface area (Å²) < 4.78 is 2.99. The monoisotopic (exact) mass is 326 g/mol. The quantitative estimate of drug-likeness (QED) is 0.586. The molecular weight excluding hydrogens is 308 g/mol. The van der Waals surface area contributed by atoms with Crippen LogP contribution in [0.2, 0.25) is 4.47 Å². The van der Waals surface area contributed by atoms with Crippen molar-refractivity contribution in [1.82, 2.24) is 0 Å². The van der Waals surface area contributed by atoms with E-state index in [9.17, 15) is 0 Å². The summed E-state index contributed by atoms with van der Waals surface area (Å²) in [6.45, 7) is 0. The van der Waals surface area contributed by atoms with Crippen LogP contribution in [0, 0.1) is 0 Å². The fraction of sp³-hybridized carbons (Fsp3) is 0.200. The van der Waals surface area contributed by atoms with E-state index in [2.05, 4.69) is 60.7 Å². The Morgan fingerprint density at radius 2 is 1.38 bits per heavy atom. The summed E-state index contributed by atoms with van der Waals surface area (Å²) in [5, 5.41) is 0. The Hall–Kier alpha value is -0.770. The Labute approximate surface area is 108 Å². The van der Waals surface area contributed by atoms with Crippen LogP contribution < -0.4 is 3.61 Å². The average molecular weight is 324 g/mol. The summed E-state index contributed by atoms with van der Waals surface area (Å²) in [7, 11) is 0. The third-order valence-electron chi connectivity index (χ3n) is 2.46. The second-order valence-electron chi connectivity index (χ2n) is 3.75. The number of rotatable bonds is 5. The first-order chi connectivity index (χ1) is 7.95. The Morgan fingerprint density at radius 3 is 2.06 bits per heavy atom. The molecule has 0 aromatic heterocycles. The van der Waals surface area contributed by atoms with Crippen LogP contribution >= 0.6 is 0 Å². The normalized spacial score (nSPS) is 10.2. The Morgan fingerprint density at radius 1 is 0.750 bits per heavy atom. The van der Waals surface area contributed by atoms with Crippen molar-refractivity contribution in [3.63, 3.8) is 0 Å². The van der Waals surface area contributed by atoms with E-state index in [-0.39, 0.29) is 20.9 Å². The number of hydrogen-bond acceptors (Lipinski definition) is 0. The topological polar surface area (TPSA) is 0 Å². The molecule has 0 amide bonds. The molecule has 0 spiro atoms. The Kier molecular flexibility index (Phi) is 4.93. The number of benzene rings is 2. The Balaban J connectivity index is 1.70.